The van der Waals surface area contributed by atoms with Gasteiger partial charge in [-0.25, -0.2) is 13.4 Å². The molecule has 0 radical (unpaired) electrons. The smallest absolute Gasteiger partial charge is 0.274 e. The Bertz CT molecular complexity index is 1920. The van der Waals surface area contributed by atoms with Crippen molar-refractivity contribution in [1.29, 1.82) is 0 Å². The standard InChI is InChI=1S/C30H31N5O5S/c1-5-32-29(36)25-15-23-24(17-34(4)30(37)27(23)33-25)22-14-21(41(38,39)6-2)10-11-26(22)40-28-19(3)8-7-9-20(28)16-35-13-12-31-18-35/h7-15,17-18,33H,5-6,16H2,1-4H3,(H,32,36). The van der Waals surface area contributed by atoms with Crippen molar-refractivity contribution >= 4 is 26.6 Å². The molecule has 3 aromatic heterocycles. The number of aryl methyl sites for hydroxylation is 2. The molecule has 5 aromatic rings. The largest absolute Gasteiger partial charge is 0.456 e. The maximum atomic E-state index is 13.1. The van der Waals surface area contributed by atoms with Crippen LogP contribution in [0.5, 0.6) is 11.5 Å². The lowest BCUT2D eigenvalue weighted by Gasteiger charge is -2.18. The molecular weight excluding hydrogens is 542 g/mol. The van der Waals surface area contributed by atoms with Crippen molar-refractivity contribution in [2.24, 2.45) is 7.05 Å². The molecule has 11 heteroatoms. The highest BCUT2D eigenvalue weighted by molar-refractivity contribution is 7.91. The van der Waals surface area contributed by atoms with Crippen molar-refractivity contribution < 1.29 is 17.9 Å². The van der Waals surface area contributed by atoms with Gasteiger partial charge in [0, 0.05) is 54.3 Å². The number of hydrogen-bond donors (Lipinski definition) is 2. The highest BCUT2D eigenvalue weighted by Crippen LogP contribution is 2.40. The molecule has 0 fully saturated rings. The summed E-state index contributed by atoms with van der Waals surface area (Å²) in [6.07, 6.45) is 6.93. The molecule has 1 amide bonds. The van der Waals surface area contributed by atoms with Crippen molar-refractivity contribution in [2.45, 2.75) is 32.2 Å². The zero-order chi connectivity index (χ0) is 29.3. The Morgan fingerprint density at radius 1 is 1.12 bits per heavy atom. The van der Waals surface area contributed by atoms with Crippen LogP contribution in [0, 0.1) is 6.92 Å². The van der Waals surface area contributed by atoms with Crippen molar-refractivity contribution in [3.8, 4) is 22.6 Å². The van der Waals surface area contributed by atoms with E-state index in [4.69, 9.17) is 4.74 Å². The second-order valence-corrected chi connectivity index (χ2v) is 12.0. The number of ether oxygens (including phenoxy) is 1. The van der Waals surface area contributed by atoms with E-state index >= 15 is 0 Å². The molecule has 0 atom stereocenters. The summed E-state index contributed by atoms with van der Waals surface area (Å²) in [4.78, 5) is 32.9. The Morgan fingerprint density at radius 3 is 2.63 bits per heavy atom. The predicted molar refractivity (Wildman–Crippen MR) is 157 cm³/mol. The van der Waals surface area contributed by atoms with Gasteiger partial charge in [0.15, 0.2) is 9.84 Å². The van der Waals surface area contributed by atoms with Crippen LogP contribution in [0.4, 0.5) is 0 Å². The van der Waals surface area contributed by atoms with Gasteiger partial charge in [0.25, 0.3) is 11.5 Å². The number of nitrogens with zero attached hydrogens (tertiary/aromatic N) is 3. The minimum absolute atomic E-state index is 0.0757. The Hall–Kier alpha value is -4.64. The van der Waals surface area contributed by atoms with Crippen LogP contribution in [0.2, 0.25) is 0 Å². The summed E-state index contributed by atoms with van der Waals surface area (Å²) >= 11 is 0. The minimum Gasteiger partial charge on any atom is -0.456 e. The van der Waals surface area contributed by atoms with E-state index in [9.17, 15) is 18.0 Å². The number of carbonyl (C=O) groups excluding carboxylic acids is 1. The summed E-state index contributed by atoms with van der Waals surface area (Å²) in [5.74, 6) is 0.612. The topological polar surface area (TPSA) is 128 Å². The molecule has 0 saturated carbocycles. The number of carbonyl (C=O) groups is 1. The highest BCUT2D eigenvalue weighted by Gasteiger charge is 2.22. The van der Waals surface area contributed by atoms with Gasteiger partial charge in [-0.1, -0.05) is 25.1 Å². The van der Waals surface area contributed by atoms with E-state index in [0.717, 1.165) is 11.1 Å². The Labute approximate surface area is 237 Å². The van der Waals surface area contributed by atoms with E-state index in [0.29, 0.717) is 41.1 Å². The molecule has 2 N–H and O–H groups in total. The molecule has 0 aliphatic rings. The number of aromatic nitrogens is 4. The van der Waals surface area contributed by atoms with Crippen LogP contribution in [0.3, 0.4) is 0 Å². The van der Waals surface area contributed by atoms with Crippen LogP contribution in [0.1, 0.15) is 35.5 Å². The summed E-state index contributed by atoms with van der Waals surface area (Å²) in [5, 5.41) is 3.22. The predicted octanol–water partition coefficient (Wildman–Crippen LogP) is 4.42. The Balaban J connectivity index is 1.74. The van der Waals surface area contributed by atoms with E-state index in [1.54, 1.807) is 57.8 Å². The fraction of sp³-hybridized carbons (Fsp3) is 0.233. The van der Waals surface area contributed by atoms with E-state index in [1.807, 2.05) is 35.9 Å². The normalized spacial score (nSPS) is 11.6. The number of hydrogen-bond acceptors (Lipinski definition) is 6. The Kier molecular flexibility index (Phi) is 7.55. The SMILES string of the molecule is CCNC(=O)c1cc2c(-c3cc(S(=O)(=O)CC)ccc3Oc3c(C)cccc3Cn3ccnc3)cn(C)c(=O)c2[nH]1. The zero-order valence-electron chi connectivity index (χ0n) is 23.3. The third-order valence-corrected chi connectivity index (χ3v) is 8.68. The molecule has 3 heterocycles. The van der Waals surface area contributed by atoms with E-state index in [-0.39, 0.29) is 33.3 Å². The number of imidazole rings is 1. The second-order valence-electron chi connectivity index (χ2n) is 9.75. The Morgan fingerprint density at radius 2 is 1.93 bits per heavy atom. The lowest BCUT2D eigenvalue weighted by molar-refractivity contribution is 0.0951. The first-order valence-corrected chi connectivity index (χ1v) is 14.9. The molecule has 41 heavy (non-hydrogen) atoms. The molecule has 0 spiro atoms. The number of benzene rings is 2. The maximum Gasteiger partial charge on any atom is 0.274 e. The summed E-state index contributed by atoms with van der Waals surface area (Å²) in [6, 6.07) is 12.2. The average Bonchev–Trinajstić information content (AvgIpc) is 3.64. The second kappa shape index (κ2) is 11.1. The van der Waals surface area contributed by atoms with Crippen molar-refractivity contribution in [2.75, 3.05) is 12.3 Å². The van der Waals surface area contributed by atoms with Crippen molar-refractivity contribution in [1.82, 2.24) is 24.4 Å². The fourth-order valence-electron chi connectivity index (χ4n) is 4.77. The number of rotatable bonds is 9. The number of aromatic amines is 1. The maximum absolute atomic E-state index is 13.1. The van der Waals surface area contributed by atoms with E-state index in [2.05, 4.69) is 15.3 Å². The van der Waals surface area contributed by atoms with Gasteiger partial charge >= 0.3 is 0 Å². The summed E-state index contributed by atoms with van der Waals surface area (Å²) in [7, 11) is -1.96. The molecule has 0 saturated heterocycles. The lowest BCUT2D eigenvalue weighted by atomic mass is 10.0. The number of pyridine rings is 1. The summed E-state index contributed by atoms with van der Waals surface area (Å²) < 4.78 is 35.8. The molecule has 10 nitrogen and oxygen atoms in total. The first-order chi connectivity index (χ1) is 19.6. The van der Waals surface area contributed by atoms with Crippen molar-refractivity contribution in [3.63, 3.8) is 0 Å². The lowest BCUT2D eigenvalue weighted by Crippen LogP contribution is -2.23. The molecule has 0 aliphatic heterocycles. The molecule has 0 bridgehead atoms. The van der Waals surface area contributed by atoms with Crippen LogP contribution in [0.15, 0.2) is 77.1 Å². The van der Waals surface area contributed by atoms with Crippen LogP contribution in [0.25, 0.3) is 22.0 Å². The monoisotopic (exact) mass is 573 g/mol. The number of nitrogens with one attached hydrogen (secondary N) is 2. The van der Waals surface area contributed by atoms with Crippen molar-refractivity contribution in [3.05, 3.63) is 94.6 Å². The molecule has 0 aliphatic carbocycles. The van der Waals surface area contributed by atoms with Gasteiger partial charge in [-0.3, -0.25) is 9.59 Å². The van der Waals surface area contributed by atoms with Gasteiger partial charge in [-0.05, 0) is 43.7 Å². The van der Waals surface area contributed by atoms with Gasteiger partial charge in [0.1, 0.15) is 22.7 Å². The summed E-state index contributed by atoms with van der Waals surface area (Å²) in [5.41, 5.74) is 2.96. The third kappa shape index (κ3) is 5.40. The van der Waals surface area contributed by atoms with Gasteiger partial charge in [0.2, 0.25) is 0 Å². The highest BCUT2D eigenvalue weighted by atomic mass is 32.2. The number of sulfone groups is 1. The average molecular weight is 574 g/mol. The molecule has 5 rings (SSSR count). The van der Waals surface area contributed by atoms with Gasteiger partial charge in [0.05, 0.1) is 23.5 Å². The quantitative estimate of drug-likeness (QED) is 0.269. The van der Waals surface area contributed by atoms with Crippen LogP contribution in [-0.2, 0) is 23.4 Å². The van der Waals surface area contributed by atoms with Crippen LogP contribution in [-0.4, -0.2) is 45.7 Å². The third-order valence-electron chi connectivity index (χ3n) is 6.94. The number of fused-ring (bicyclic) bond motifs is 1. The van der Waals surface area contributed by atoms with Crippen LogP contribution >= 0.6 is 0 Å². The number of amides is 1. The number of H-pyrrole nitrogens is 1. The van der Waals surface area contributed by atoms with Gasteiger partial charge < -0.3 is 24.2 Å². The van der Waals surface area contributed by atoms with Gasteiger partial charge in [-0.2, -0.15) is 0 Å². The molecular formula is C30H31N5O5S. The van der Waals surface area contributed by atoms with E-state index in [1.165, 1.54) is 10.6 Å². The fourth-order valence-corrected chi connectivity index (χ4v) is 5.67. The minimum atomic E-state index is -3.56. The molecule has 2 aromatic carbocycles. The molecule has 212 valence electrons. The zero-order valence-corrected chi connectivity index (χ0v) is 24.1. The first kappa shape index (κ1) is 27.9. The first-order valence-electron chi connectivity index (χ1n) is 13.2. The summed E-state index contributed by atoms with van der Waals surface area (Å²) in [6.45, 7) is 6.28. The molecule has 0 unspecified atom stereocenters. The van der Waals surface area contributed by atoms with Gasteiger partial charge in [-0.15, -0.1) is 0 Å². The van der Waals surface area contributed by atoms with Crippen LogP contribution < -0.4 is 15.6 Å². The van der Waals surface area contributed by atoms with E-state index < -0.39 is 9.84 Å². The number of para-hydroxylation sites is 1.